The molecule has 1 saturated carbocycles. The summed E-state index contributed by atoms with van der Waals surface area (Å²) < 4.78 is 0. The predicted octanol–water partition coefficient (Wildman–Crippen LogP) is 3.58. The Morgan fingerprint density at radius 1 is 1.17 bits per heavy atom. The van der Waals surface area contributed by atoms with Gasteiger partial charge in [-0.05, 0) is 49.0 Å². The molecular weight excluding hydrogens is 290 g/mol. The van der Waals surface area contributed by atoms with Crippen molar-refractivity contribution < 1.29 is 14.7 Å². The molecule has 1 atom stereocenters. The number of aliphatic carboxylic acids is 1. The van der Waals surface area contributed by atoms with Crippen LogP contribution in [0, 0.1) is 11.8 Å². The van der Waals surface area contributed by atoms with E-state index in [0.717, 1.165) is 25.7 Å². The van der Waals surface area contributed by atoms with Crippen molar-refractivity contribution in [2.45, 2.75) is 51.4 Å². The van der Waals surface area contributed by atoms with E-state index in [9.17, 15) is 9.59 Å². The summed E-state index contributed by atoms with van der Waals surface area (Å²) in [5.41, 5.74) is 1.41. The molecule has 0 bridgehead atoms. The summed E-state index contributed by atoms with van der Waals surface area (Å²) in [7, 11) is 0. The van der Waals surface area contributed by atoms with Crippen LogP contribution in [0.25, 0.3) is 0 Å². The molecule has 4 nitrogen and oxygen atoms in total. The first-order chi connectivity index (χ1) is 11.0. The fourth-order valence-electron chi connectivity index (χ4n) is 3.42. The molecule has 0 radical (unpaired) electrons. The Hall–Kier alpha value is -1.84. The predicted molar refractivity (Wildman–Crippen MR) is 90.2 cm³/mol. The van der Waals surface area contributed by atoms with Gasteiger partial charge in [-0.3, -0.25) is 9.59 Å². The maximum Gasteiger partial charge on any atom is 0.303 e. The first-order valence-electron chi connectivity index (χ1n) is 8.58. The van der Waals surface area contributed by atoms with E-state index in [1.54, 1.807) is 0 Å². The van der Waals surface area contributed by atoms with Gasteiger partial charge in [0, 0.05) is 19.4 Å². The minimum absolute atomic E-state index is 0.0229. The Morgan fingerprint density at radius 3 is 2.43 bits per heavy atom. The summed E-state index contributed by atoms with van der Waals surface area (Å²) in [6.45, 7) is 2.30. The van der Waals surface area contributed by atoms with E-state index >= 15 is 0 Å². The first kappa shape index (κ1) is 17.5. The smallest absolute Gasteiger partial charge is 0.303 e. The van der Waals surface area contributed by atoms with Gasteiger partial charge in [-0.2, -0.15) is 0 Å². The molecule has 0 spiro atoms. The van der Waals surface area contributed by atoms with Crippen LogP contribution in [-0.2, 0) is 9.59 Å². The molecule has 23 heavy (non-hydrogen) atoms. The zero-order valence-electron chi connectivity index (χ0n) is 13.8. The molecule has 1 fully saturated rings. The third-order valence-corrected chi connectivity index (χ3v) is 4.76. The maximum absolute atomic E-state index is 12.0. The lowest BCUT2D eigenvalue weighted by Gasteiger charge is -2.28. The molecule has 0 saturated heterocycles. The molecule has 1 amide bonds. The summed E-state index contributed by atoms with van der Waals surface area (Å²) in [5, 5.41) is 11.6. The normalized spacial score (nSPS) is 22.3. The van der Waals surface area contributed by atoms with Gasteiger partial charge in [0.05, 0.1) is 0 Å². The topological polar surface area (TPSA) is 66.4 Å². The van der Waals surface area contributed by atoms with Crippen LogP contribution < -0.4 is 5.32 Å². The molecule has 126 valence electrons. The van der Waals surface area contributed by atoms with Crippen LogP contribution in [0.15, 0.2) is 30.3 Å². The number of rotatable bonds is 7. The van der Waals surface area contributed by atoms with Crippen LogP contribution in [0.5, 0.6) is 0 Å². The maximum atomic E-state index is 12.0. The van der Waals surface area contributed by atoms with Gasteiger partial charge >= 0.3 is 5.97 Å². The SMILES string of the molecule is CC(CNC(=O)CC1CCC(c2ccccc2)CC1)CC(=O)O. The van der Waals surface area contributed by atoms with Gasteiger partial charge in [0.1, 0.15) is 0 Å². The van der Waals surface area contributed by atoms with Crippen molar-refractivity contribution in [2.24, 2.45) is 11.8 Å². The fraction of sp³-hybridized carbons (Fsp3) is 0.579. The quantitative estimate of drug-likeness (QED) is 0.808. The highest BCUT2D eigenvalue weighted by Crippen LogP contribution is 2.36. The van der Waals surface area contributed by atoms with E-state index in [0.29, 0.717) is 24.8 Å². The summed E-state index contributed by atoms with van der Waals surface area (Å²) in [4.78, 5) is 22.6. The number of hydrogen-bond donors (Lipinski definition) is 2. The second kappa shape index (κ2) is 8.70. The van der Waals surface area contributed by atoms with Gasteiger partial charge in [0.2, 0.25) is 5.91 Å². The summed E-state index contributed by atoms with van der Waals surface area (Å²) in [5.74, 6) is 0.317. The Balaban J connectivity index is 1.68. The van der Waals surface area contributed by atoms with Gasteiger partial charge in [-0.25, -0.2) is 0 Å². The molecule has 1 aliphatic carbocycles. The van der Waals surface area contributed by atoms with Crippen molar-refractivity contribution in [3.05, 3.63) is 35.9 Å². The number of nitrogens with one attached hydrogen (secondary N) is 1. The molecule has 1 aromatic rings. The average Bonchev–Trinajstić information content (AvgIpc) is 2.54. The molecule has 4 heteroatoms. The highest BCUT2D eigenvalue weighted by Gasteiger charge is 2.24. The van der Waals surface area contributed by atoms with Crippen LogP contribution in [0.3, 0.4) is 0 Å². The minimum atomic E-state index is -0.814. The first-order valence-corrected chi connectivity index (χ1v) is 8.58. The third-order valence-electron chi connectivity index (χ3n) is 4.76. The summed E-state index contributed by atoms with van der Waals surface area (Å²) in [6, 6.07) is 10.6. The second-order valence-electron chi connectivity index (χ2n) is 6.84. The van der Waals surface area contributed by atoms with Gasteiger partial charge in [0.15, 0.2) is 0 Å². The Labute approximate surface area is 138 Å². The monoisotopic (exact) mass is 317 g/mol. The molecular formula is C19H27NO3. The minimum Gasteiger partial charge on any atom is -0.481 e. The van der Waals surface area contributed by atoms with Crippen molar-refractivity contribution in [2.75, 3.05) is 6.54 Å². The largest absolute Gasteiger partial charge is 0.481 e. The Kier molecular flexibility index (Phi) is 6.63. The van der Waals surface area contributed by atoms with Crippen LogP contribution in [-0.4, -0.2) is 23.5 Å². The number of amides is 1. The van der Waals surface area contributed by atoms with E-state index in [-0.39, 0.29) is 18.2 Å². The lowest BCUT2D eigenvalue weighted by atomic mass is 9.77. The molecule has 2 rings (SSSR count). The van der Waals surface area contributed by atoms with Gasteiger partial charge in [0.25, 0.3) is 0 Å². The van der Waals surface area contributed by atoms with Crippen molar-refractivity contribution in [3.63, 3.8) is 0 Å². The lowest BCUT2D eigenvalue weighted by Crippen LogP contribution is -2.31. The lowest BCUT2D eigenvalue weighted by molar-refractivity contribution is -0.138. The fourth-order valence-corrected chi connectivity index (χ4v) is 3.42. The Bertz CT molecular complexity index is 507. The number of carboxylic acids is 1. The van der Waals surface area contributed by atoms with Crippen LogP contribution in [0.4, 0.5) is 0 Å². The highest BCUT2D eigenvalue weighted by atomic mass is 16.4. The van der Waals surface area contributed by atoms with E-state index < -0.39 is 5.97 Å². The van der Waals surface area contributed by atoms with E-state index in [2.05, 4.69) is 29.6 Å². The zero-order valence-corrected chi connectivity index (χ0v) is 13.8. The zero-order chi connectivity index (χ0) is 16.7. The third kappa shape index (κ3) is 6.05. The number of hydrogen-bond acceptors (Lipinski definition) is 2. The average molecular weight is 317 g/mol. The number of carbonyl (C=O) groups is 2. The van der Waals surface area contributed by atoms with Crippen molar-refractivity contribution in [1.82, 2.24) is 5.32 Å². The van der Waals surface area contributed by atoms with Gasteiger partial charge in [-0.1, -0.05) is 37.3 Å². The Morgan fingerprint density at radius 2 is 1.83 bits per heavy atom. The van der Waals surface area contributed by atoms with Crippen LogP contribution in [0.2, 0.25) is 0 Å². The molecule has 1 aliphatic rings. The molecule has 0 aliphatic heterocycles. The summed E-state index contributed by atoms with van der Waals surface area (Å²) in [6.07, 6.45) is 5.16. The molecule has 2 N–H and O–H groups in total. The highest BCUT2D eigenvalue weighted by molar-refractivity contribution is 5.76. The van der Waals surface area contributed by atoms with Crippen LogP contribution >= 0.6 is 0 Å². The molecule has 0 aromatic heterocycles. The van der Waals surface area contributed by atoms with E-state index in [1.165, 1.54) is 5.56 Å². The molecule has 1 aromatic carbocycles. The summed E-state index contributed by atoms with van der Waals surface area (Å²) >= 11 is 0. The standard InChI is InChI=1S/C19H27NO3/c1-14(11-19(22)23)13-20-18(21)12-15-7-9-17(10-8-15)16-5-3-2-4-6-16/h2-6,14-15,17H,7-13H2,1H3,(H,20,21)(H,22,23). The van der Waals surface area contributed by atoms with E-state index in [1.807, 2.05) is 13.0 Å². The van der Waals surface area contributed by atoms with E-state index in [4.69, 9.17) is 5.11 Å². The second-order valence-corrected chi connectivity index (χ2v) is 6.84. The molecule has 1 unspecified atom stereocenters. The number of benzene rings is 1. The van der Waals surface area contributed by atoms with Crippen LogP contribution in [0.1, 0.15) is 56.9 Å². The van der Waals surface area contributed by atoms with Gasteiger partial charge in [-0.15, -0.1) is 0 Å². The van der Waals surface area contributed by atoms with Crippen molar-refractivity contribution >= 4 is 11.9 Å². The van der Waals surface area contributed by atoms with Crippen molar-refractivity contribution in [1.29, 1.82) is 0 Å². The number of carboxylic acid groups (broad SMARTS) is 1. The van der Waals surface area contributed by atoms with Crippen molar-refractivity contribution in [3.8, 4) is 0 Å². The molecule has 0 heterocycles. The number of carbonyl (C=O) groups excluding carboxylic acids is 1. The van der Waals surface area contributed by atoms with Gasteiger partial charge < -0.3 is 10.4 Å².